The highest BCUT2D eigenvalue weighted by atomic mass is 16.6. The van der Waals surface area contributed by atoms with Crippen molar-refractivity contribution in [2.24, 2.45) is 0 Å². The van der Waals surface area contributed by atoms with Gasteiger partial charge in [-0.3, -0.25) is 14.4 Å². The molecule has 0 aliphatic heterocycles. The monoisotopic (exact) mass is 855 g/mol. The normalized spacial score (nSPS) is 12.4. The maximum atomic E-state index is 12.8. The summed E-state index contributed by atoms with van der Waals surface area (Å²) < 4.78 is 16.7. The second-order valence-electron chi connectivity index (χ2n) is 17.4. The van der Waals surface area contributed by atoms with Crippen LogP contribution in [0.15, 0.2) is 48.6 Å². The molecule has 0 heterocycles. The number of carbonyl (C=O) groups is 3. The van der Waals surface area contributed by atoms with Gasteiger partial charge in [0.2, 0.25) is 0 Å². The van der Waals surface area contributed by atoms with E-state index in [4.69, 9.17) is 14.2 Å². The van der Waals surface area contributed by atoms with Gasteiger partial charge in [-0.1, -0.05) is 223 Å². The molecule has 0 radical (unpaired) electrons. The van der Waals surface area contributed by atoms with Gasteiger partial charge in [0, 0.05) is 19.3 Å². The van der Waals surface area contributed by atoms with Gasteiger partial charge in [0.25, 0.3) is 0 Å². The van der Waals surface area contributed by atoms with Crippen molar-refractivity contribution < 1.29 is 28.6 Å². The van der Waals surface area contributed by atoms with Gasteiger partial charge in [0.05, 0.1) is 0 Å². The van der Waals surface area contributed by atoms with Crippen molar-refractivity contribution in [2.75, 3.05) is 13.2 Å². The van der Waals surface area contributed by atoms with E-state index in [-0.39, 0.29) is 37.5 Å². The van der Waals surface area contributed by atoms with Crippen LogP contribution in [0.3, 0.4) is 0 Å². The van der Waals surface area contributed by atoms with Crippen molar-refractivity contribution in [1.29, 1.82) is 0 Å². The molecule has 61 heavy (non-hydrogen) atoms. The quantitative estimate of drug-likeness (QED) is 0.0263. The molecule has 1 atom stereocenters. The van der Waals surface area contributed by atoms with Crippen molar-refractivity contribution in [3.63, 3.8) is 0 Å². The Balaban J connectivity index is 4.40. The van der Waals surface area contributed by atoms with Crippen molar-refractivity contribution in [2.45, 2.75) is 271 Å². The Hall–Kier alpha value is -2.63. The van der Waals surface area contributed by atoms with Crippen molar-refractivity contribution >= 4 is 17.9 Å². The Kier molecular flexibility index (Phi) is 47.9. The van der Waals surface area contributed by atoms with Crippen molar-refractivity contribution in [1.82, 2.24) is 0 Å². The molecular formula is C55H98O6. The molecule has 354 valence electrons. The highest BCUT2D eigenvalue weighted by Gasteiger charge is 2.19. The van der Waals surface area contributed by atoms with Crippen molar-refractivity contribution in [3.05, 3.63) is 48.6 Å². The minimum absolute atomic E-state index is 0.0927. The minimum Gasteiger partial charge on any atom is -0.462 e. The van der Waals surface area contributed by atoms with Gasteiger partial charge in [-0.2, -0.15) is 0 Å². The largest absolute Gasteiger partial charge is 0.462 e. The standard InChI is InChI=1S/C55H98O6/c1-4-7-10-13-16-19-22-24-26-28-30-31-33-36-39-42-45-48-54(57)60-51-52(50-59-53(56)47-44-41-38-35-21-18-15-12-9-6-3)61-55(58)49-46-43-40-37-34-32-29-27-25-23-20-17-14-11-8-5-2/h15,18,24,26,30-31,36,39,52H,4-14,16-17,19-23,25,27-29,32-35,37-38,40-51H2,1-3H3/b18-15-,26-24-,31-30-,39-36-. The molecule has 0 N–H and O–H groups in total. The maximum Gasteiger partial charge on any atom is 0.306 e. The number of hydrogen-bond donors (Lipinski definition) is 0. The number of allylic oxidation sites excluding steroid dienone is 8. The fraction of sp³-hybridized carbons (Fsp3) is 0.800. The van der Waals surface area contributed by atoms with Crippen LogP contribution in [0, 0.1) is 0 Å². The summed E-state index contributed by atoms with van der Waals surface area (Å²) >= 11 is 0. The molecule has 0 saturated heterocycles. The summed E-state index contributed by atoms with van der Waals surface area (Å²) in [5, 5.41) is 0. The average Bonchev–Trinajstić information content (AvgIpc) is 3.26. The lowest BCUT2D eigenvalue weighted by atomic mass is 10.0. The Morgan fingerprint density at radius 1 is 0.328 bits per heavy atom. The number of ether oxygens (including phenoxy) is 3. The topological polar surface area (TPSA) is 78.9 Å². The molecule has 1 unspecified atom stereocenters. The van der Waals surface area contributed by atoms with Gasteiger partial charge in [-0.25, -0.2) is 0 Å². The molecule has 0 fully saturated rings. The van der Waals surface area contributed by atoms with Gasteiger partial charge in [0.15, 0.2) is 6.10 Å². The van der Waals surface area contributed by atoms with Crippen LogP contribution in [0.4, 0.5) is 0 Å². The SMILES string of the molecule is CCCC/C=C\CCCCCCC(=O)OCC(COC(=O)CCC/C=C\C/C=C\C/C=C\CCCCCCCC)OC(=O)CCCCCCCCCCCCCCCCCC. The molecule has 0 aromatic carbocycles. The average molecular weight is 855 g/mol. The number of carbonyl (C=O) groups excluding carboxylic acids is 3. The van der Waals surface area contributed by atoms with Crippen LogP contribution in [0.1, 0.15) is 265 Å². The molecule has 0 aromatic heterocycles. The predicted octanol–water partition coefficient (Wildman–Crippen LogP) is 17.1. The summed E-state index contributed by atoms with van der Waals surface area (Å²) in [6, 6.07) is 0. The molecule has 0 amide bonds. The second kappa shape index (κ2) is 50.0. The Morgan fingerprint density at radius 3 is 1.05 bits per heavy atom. The molecule has 0 aliphatic carbocycles. The van der Waals surface area contributed by atoms with Gasteiger partial charge >= 0.3 is 17.9 Å². The number of hydrogen-bond acceptors (Lipinski definition) is 6. The third-order valence-electron chi connectivity index (χ3n) is 11.3. The minimum atomic E-state index is -0.793. The van der Waals surface area contributed by atoms with Crippen LogP contribution in [-0.4, -0.2) is 37.2 Å². The Bertz CT molecular complexity index is 1070. The lowest BCUT2D eigenvalue weighted by molar-refractivity contribution is -0.167. The van der Waals surface area contributed by atoms with E-state index in [0.29, 0.717) is 19.3 Å². The third-order valence-corrected chi connectivity index (χ3v) is 11.3. The molecule has 0 bridgehead atoms. The summed E-state index contributed by atoms with van der Waals surface area (Å²) in [5.74, 6) is -0.952. The maximum absolute atomic E-state index is 12.8. The molecule has 6 heteroatoms. The van der Waals surface area contributed by atoms with Crippen LogP contribution in [0.25, 0.3) is 0 Å². The zero-order valence-electron chi connectivity index (χ0n) is 40.4. The third kappa shape index (κ3) is 48.3. The molecule has 0 rings (SSSR count). The van der Waals surface area contributed by atoms with Gasteiger partial charge in [-0.15, -0.1) is 0 Å². The highest BCUT2D eigenvalue weighted by molar-refractivity contribution is 5.71. The van der Waals surface area contributed by atoms with E-state index in [9.17, 15) is 14.4 Å². The van der Waals surface area contributed by atoms with Crippen LogP contribution in [-0.2, 0) is 28.6 Å². The summed E-state index contributed by atoms with van der Waals surface area (Å²) in [4.78, 5) is 37.9. The van der Waals surface area contributed by atoms with Crippen LogP contribution >= 0.6 is 0 Å². The van der Waals surface area contributed by atoms with E-state index in [1.165, 1.54) is 141 Å². The molecule has 0 aliphatic rings. The smallest absolute Gasteiger partial charge is 0.306 e. The fourth-order valence-electron chi connectivity index (χ4n) is 7.32. The first-order valence-electron chi connectivity index (χ1n) is 26.1. The summed E-state index contributed by atoms with van der Waals surface area (Å²) in [7, 11) is 0. The summed E-state index contributed by atoms with van der Waals surface area (Å²) in [6.45, 7) is 6.55. The molecular weight excluding hydrogens is 757 g/mol. The number of unbranched alkanes of at least 4 members (excludes halogenated alkanes) is 28. The Labute approximate surface area is 378 Å². The number of rotatable bonds is 47. The summed E-state index contributed by atoms with van der Waals surface area (Å²) in [6.07, 6.45) is 59.6. The van der Waals surface area contributed by atoms with Gasteiger partial charge in [0.1, 0.15) is 13.2 Å². The second-order valence-corrected chi connectivity index (χ2v) is 17.4. The zero-order valence-corrected chi connectivity index (χ0v) is 40.4. The van der Waals surface area contributed by atoms with E-state index >= 15 is 0 Å². The first-order valence-corrected chi connectivity index (χ1v) is 26.1. The van der Waals surface area contributed by atoms with E-state index in [0.717, 1.165) is 77.0 Å². The van der Waals surface area contributed by atoms with E-state index < -0.39 is 6.10 Å². The number of esters is 3. The predicted molar refractivity (Wildman–Crippen MR) is 261 cm³/mol. The van der Waals surface area contributed by atoms with Gasteiger partial charge < -0.3 is 14.2 Å². The first-order chi connectivity index (χ1) is 30.0. The zero-order chi connectivity index (χ0) is 44.4. The molecule has 0 spiro atoms. The summed E-state index contributed by atoms with van der Waals surface area (Å²) in [5.41, 5.74) is 0. The van der Waals surface area contributed by atoms with Crippen molar-refractivity contribution in [3.8, 4) is 0 Å². The molecule has 0 aromatic rings. The van der Waals surface area contributed by atoms with E-state index in [2.05, 4.69) is 69.4 Å². The molecule has 6 nitrogen and oxygen atoms in total. The van der Waals surface area contributed by atoms with Crippen LogP contribution in [0.5, 0.6) is 0 Å². The fourth-order valence-corrected chi connectivity index (χ4v) is 7.32. The lowest BCUT2D eigenvalue weighted by Gasteiger charge is -2.18. The Morgan fingerprint density at radius 2 is 0.623 bits per heavy atom. The van der Waals surface area contributed by atoms with Crippen LogP contribution < -0.4 is 0 Å². The van der Waals surface area contributed by atoms with Gasteiger partial charge in [-0.05, 0) is 70.6 Å². The highest BCUT2D eigenvalue weighted by Crippen LogP contribution is 2.15. The van der Waals surface area contributed by atoms with E-state index in [1.807, 2.05) is 0 Å². The first kappa shape index (κ1) is 58.4. The van der Waals surface area contributed by atoms with Crippen LogP contribution in [0.2, 0.25) is 0 Å². The van der Waals surface area contributed by atoms with E-state index in [1.54, 1.807) is 0 Å². The lowest BCUT2D eigenvalue weighted by Crippen LogP contribution is -2.30. The molecule has 0 saturated carbocycles.